The molecule has 5 aliphatic rings. The van der Waals surface area contributed by atoms with Crippen molar-refractivity contribution in [1.29, 1.82) is 0 Å². The van der Waals surface area contributed by atoms with Crippen LogP contribution in [-0.4, -0.2) is 84.3 Å². The zero-order chi connectivity index (χ0) is 38.4. The lowest BCUT2D eigenvalue weighted by molar-refractivity contribution is -0.985. The third-order valence-electron chi connectivity index (χ3n) is 13.2. The van der Waals surface area contributed by atoms with Gasteiger partial charge in [-0.05, 0) is 84.1 Å². The minimum absolute atomic E-state index is 0.000702. The third kappa shape index (κ3) is 11.7. The molecule has 5 heterocycles. The zero-order valence-electron chi connectivity index (χ0n) is 34.2. The molecule has 5 rings (SSSR count). The van der Waals surface area contributed by atoms with E-state index >= 15 is 0 Å². The molecule has 0 bridgehead atoms. The molecule has 0 radical (unpaired) electrons. The van der Waals surface area contributed by atoms with E-state index in [4.69, 9.17) is 19.9 Å². The fourth-order valence-corrected chi connectivity index (χ4v) is 10.4. The number of nitrogens with one attached hydrogen (secondary N) is 4. The first-order valence-electron chi connectivity index (χ1n) is 22.5. The number of hydrogen-bond acceptors (Lipinski definition) is 9. The number of aliphatic hydroxyl groups excluding tert-OH is 1. The van der Waals surface area contributed by atoms with E-state index in [9.17, 15) is 14.7 Å². The highest BCUT2D eigenvalue weighted by atomic mass is 16.6. The van der Waals surface area contributed by atoms with Crippen LogP contribution >= 0.6 is 0 Å². The van der Waals surface area contributed by atoms with Crippen LogP contribution in [0.2, 0.25) is 0 Å². The molecule has 5 fully saturated rings. The van der Waals surface area contributed by atoms with E-state index in [-0.39, 0.29) is 54.2 Å². The fourth-order valence-electron chi connectivity index (χ4n) is 10.4. The molecule has 54 heavy (non-hydrogen) atoms. The second kappa shape index (κ2) is 21.8. The lowest BCUT2D eigenvalue weighted by Gasteiger charge is -2.57. The molecule has 0 aromatic heterocycles. The molecule has 5 aliphatic heterocycles. The zero-order valence-corrected chi connectivity index (χ0v) is 34.2. The summed E-state index contributed by atoms with van der Waals surface area (Å²) in [6.45, 7) is 7.56. The van der Waals surface area contributed by atoms with Gasteiger partial charge in [0.1, 0.15) is 29.7 Å². The number of nitrogens with two attached hydrogens (primary N) is 1. The van der Waals surface area contributed by atoms with E-state index < -0.39 is 11.8 Å². The smallest absolute Gasteiger partial charge is 0.319 e. The highest BCUT2D eigenvalue weighted by Gasteiger charge is 2.67. The van der Waals surface area contributed by atoms with E-state index in [2.05, 4.69) is 48.9 Å². The van der Waals surface area contributed by atoms with Gasteiger partial charge in [-0.25, -0.2) is 10.6 Å². The second-order valence-electron chi connectivity index (χ2n) is 17.4. The van der Waals surface area contributed by atoms with Crippen molar-refractivity contribution in [2.45, 2.75) is 229 Å². The van der Waals surface area contributed by atoms with Crippen LogP contribution in [0.4, 0.5) is 0 Å². The normalized spacial score (nSPS) is 34.4. The van der Waals surface area contributed by atoms with Gasteiger partial charge >= 0.3 is 5.97 Å². The Kier molecular flexibility index (Phi) is 17.6. The highest BCUT2D eigenvalue weighted by molar-refractivity contribution is 5.80. The van der Waals surface area contributed by atoms with Gasteiger partial charge in [0.05, 0.1) is 18.2 Å². The predicted octanol–water partition coefficient (Wildman–Crippen LogP) is 5.24. The molecule has 1 amide bonds. The first-order valence-corrected chi connectivity index (χ1v) is 22.5. The Hall–Kier alpha value is -1.60. The number of allylic oxidation sites excluding steroid dienone is 1. The number of aliphatic hydroxyl groups is 1. The summed E-state index contributed by atoms with van der Waals surface area (Å²) in [6, 6.07) is 0.632. The summed E-state index contributed by atoms with van der Waals surface area (Å²) in [6.07, 6.45) is 28.8. The van der Waals surface area contributed by atoms with Gasteiger partial charge in [-0.15, -0.1) is 0 Å². The van der Waals surface area contributed by atoms with Crippen LogP contribution in [0.15, 0.2) is 12.2 Å². The molecule has 11 heteroatoms. The van der Waals surface area contributed by atoms with Gasteiger partial charge in [0.15, 0.2) is 5.92 Å². The van der Waals surface area contributed by atoms with Crippen LogP contribution in [0, 0.1) is 5.92 Å². The molecule has 310 valence electrons. The minimum Gasteiger partial charge on any atom is -0.462 e. The number of esters is 1. The molecule has 0 aromatic rings. The molecule has 0 aliphatic carbocycles. The van der Waals surface area contributed by atoms with Gasteiger partial charge in [0.25, 0.3) is 0 Å². The number of carbonyl (C=O) groups excluding carboxylic acids is 2. The highest BCUT2D eigenvalue weighted by Crippen LogP contribution is 2.43. The summed E-state index contributed by atoms with van der Waals surface area (Å²) in [5.41, 5.74) is 4.42. The van der Waals surface area contributed by atoms with Gasteiger partial charge in [-0.1, -0.05) is 90.2 Å². The van der Waals surface area contributed by atoms with Gasteiger partial charge in [-0.3, -0.25) is 9.59 Å². The van der Waals surface area contributed by atoms with E-state index in [1.165, 1.54) is 49.8 Å². The predicted molar refractivity (Wildman–Crippen MR) is 212 cm³/mol. The number of unbranched alkanes of at least 4 members (excludes halogenated alkanes) is 10. The van der Waals surface area contributed by atoms with Crippen LogP contribution in [0.1, 0.15) is 175 Å². The summed E-state index contributed by atoms with van der Waals surface area (Å²) >= 11 is 0. The quantitative estimate of drug-likeness (QED) is 0.0467. The second-order valence-corrected chi connectivity index (χ2v) is 17.4. The van der Waals surface area contributed by atoms with Crippen LogP contribution < -0.4 is 26.6 Å². The number of hydrogen-bond donors (Lipinski definition) is 6. The molecule has 2 spiro atoms. The summed E-state index contributed by atoms with van der Waals surface area (Å²) in [4.78, 5) is 27.7. The average molecular weight is 761 g/mol. The van der Waals surface area contributed by atoms with Crippen molar-refractivity contribution in [1.82, 2.24) is 16.0 Å². The fraction of sp³-hybridized carbons (Fsp3) is 0.907. The first kappa shape index (κ1) is 43.5. The van der Waals surface area contributed by atoms with Crippen molar-refractivity contribution in [3.63, 3.8) is 0 Å². The maximum Gasteiger partial charge on any atom is 0.319 e. The topological polar surface area (TPSA) is 149 Å². The monoisotopic (exact) mass is 761 g/mol. The Morgan fingerprint density at radius 1 is 0.926 bits per heavy atom. The maximum atomic E-state index is 14.4. The van der Waals surface area contributed by atoms with Gasteiger partial charge in [-0.2, -0.15) is 0 Å². The number of quaternary nitrogens is 1. The molecule has 5 saturated heterocycles. The van der Waals surface area contributed by atoms with Crippen LogP contribution in [0.5, 0.6) is 0 Å². The molecular weight excluding hydrogens is 683 g/mol. The van der Waals surface area contributed by atoms with Crippen molar-refractivity contribution in [3.05, 3.63) is 12.2 Å². The Labute approximate surface area is 327 Å². The molecule has 7 N–H and O–H groups in total. The SMILES string of the molecule is CC/C=C/[C@@H]1CC[C@]2(C[C@H]3CC[C@H]4[C@@H](C(=O)OC(CC)CCCCCCCCCCCCCC(O)C(=O)NCCCN)[C@@]5(CCC[C@H](C)O5)NC(N2)[NH+]34)O1. The van der Waals surface area contributed by atoms with E-state index in [0.717, 1.165) is 103 Å². The number of amides is 1. The van der Waals surface area contributed by atoms with Crippen LogP contribution in [0.3, 0.4) is 0 Å². The molecule has 11 atom stereocenters. The van der Waals surface area contributed by atoms with Crippen LogP contribution in [0.25, 0.3) is 0 Å². The molecule has 11 nitrogen and oxygen atoms in total. The molecule has 0 aromatic carbocycles. The van der Waals surface area contributed by atoms with E-state index in [1.807, 2.05) is 0 Å². The summed E-state index contributed by atoms with van der Waals surface area (Å²) in [7, 11) is 0. The number of ether oxygens (including phenoxy) is 3. The van der Waals surface area contributed by atoms with Crippen LogP contribution in [-0.2, 0) is 23.8 Å². The van der Waals surface area contributed by atoms with Gasteiger partial charge in [0, 0.05) is 25.8 Å². The minimum atomic E-state index is -0.900. The van der Waals surface area contributed by atoms with Gasteiger partial charge in [0.2, 0.25) is 12.2 Å². The molecular formula is C43H78N5O6+. The molecule has 0 saturated carbocycles. The Morgan fingerprint density at radius 2 is 1.63 bits per heavy atom. The van der Waals surface area contributed by atoms with Crippen molar-refractivity contribution in [3.8, 4) is 0 Å². The number of carbonyl (C=O) groups is 2. The van der Waals surface area contributed by atoms with E-state index in [1.54, 1.807) is 0 Å². The Morgan fingerprint density at radius 3 is 2.30 bits per heavy atom. The summed E-state index contributed by atoms with van der Waals surface area (Å²) < 4.78 is 20.1. The van der Waals surface area contributed by atoms with E-state index in [0.29, 0.717) is 25.6 Å². The summed E-state index contributed by atoms with van der Waals surface area (Å²) in [5.74, 6) is -0.634. The first-order chi connectivity index (χ1) is 26.2. The van der Waals surface area contributed by atoms with Crippen molar-refractivity contribution in [2.75, 3.05) is 13.1 Å². The summed E-state index contributed by atoms with van der Waals surface area (Å²) in [5, 5.41) is 20.6. The largest absolute Gasteiger partial charge is 0.462 e. The van der Waals surface area contributed by atoms with Crippen molar-refractivity contribution in [2.24, 2.45) is 11.7 Å². The Balaban J connectivity index is 1.00. The third-order valence-corrected chi connectivity index (χ3v) is 13.2. The van der Waals surface area contributed by atoms with Gasteiger partial charge < -0.3 is 35.3 Å². The number of rotatable bonds is 23. The average Bonchev–Trinajstić information content (AvgIpc) is 3.75. The van der Waals surface area contributed by atoms with Crippen molar-refractivity contribution >= 4 is 11.9 Å². The molecule has 4 unspecified atom stereocenters. The van der Waals surface area contributed by atoms with Crippen molar-refractivity contribution < 1.29 is 33.8 Å². The lowest BCUT2D eigenvalue weighted by Crippen LogP contribution is -3.28. The lowest BCUT2D eigenvalue weighted by atomic mass is 9.79. The Bertz CT molecular complexity index is 1180. The standard InChI is InChI=1S/C43H77N5O6/c1-4-6-21-35-26-28-42(54-35)31-33-24-25-36-38(43(27-18-20-32(3)53-43)47-41(46-42)48(33)36)40(51)52-34(5-2)22-16-14-12-10-8-7-9-11-13-15-17-23-37(49)39(50)45-30-19-29-44/h6,21,32-38,41,46-47,49H,4-5,7-20,22-31,44H2,1-3H3,(H,45,50)/p+1/b21-6+/t32-,33+,34?,35+,36-,37?,38-,41?,42+,43-/m0/s1. The maximum absolute atomic E-state index is 14.4.